The van der Waals surface area contributed by atoms with Gasteiger partial charge in [-0.05, 0) is 30.8 Å². The fraction of sp³-hybridized carbons (Fsp3) is 0.364. The number of hydrogen-bond acceptors (Lipinski definition) is 4. The van der Waals surface area contributed by atoms with E-state index in [0.29, 0.717) is 10.9 Å². The van der Waals surface area contributed by atoms with E-state index in [1.165, 1.54) is 11.2 Å². The number of carbonyl (C=O) groups excluding carboxylic acids is 1. The Labute approximate surface area is 109 Å². The molecule has 1 amide bonds. The van der Waals surface area contributed by atoms with Gasteiger partial charge in [-0.1, -0.05) is 0 Å². The summed E-state index contributed by atoms with van der Waals surface area (Å²) in [6, 6.07) is 2.93. The van der Waals surface area contributed by atoms with Crippen molar-refractivity contribution in [1.82, 2.24) is 10.2 Å². The number of furan rings is 1. The molecule has 6 nitrogen and oxygen atoms in total. The zero-order chi connectivity index (χ0) is 13.1. The summed E-state index contributed by atoms with van der Waals surface area (Å²) in [6.45, 7) is 0.265. The third kappa shape index (κ3) is 2.67. The summed E-state index contributed by atoms with van der Waals surface area (Å²) >= 11 is 5.05. The van der Waals surface area contributed by atoms with Crippen molar-refractivity contribution in [3.05, 3.63) is 24.2 Å². The average molecular weight is 268 g/mol. The number of amides is 1. The first kappa shape index (κ1) is 12.6. The van der Waals surface area contributed by atoms with Crippen molar-refractivity contribution >= 4 is 29.2 Å². The molecule has 1 atom stereocenters. The van der Waals surface area contributed by atoms with Crippen LogP contribution in [0.1, 0.15) is 18.6 Å². The molecule has 1 fully saturated rings. The lowest BCUT2D eigenvalue weighted by molar-refractivity contribution is -0.137. The van der Waals surface area contributed by atoms with Gasteiger partial charge in [-0.15, -0.1) is 0 Å². The van der Waals surface area contributed by atoms with Crippen LogP contribution in [0.4, 0.5) is 0 Å². The monoisotopic (exact) mass is 268 g/mol. The summed E-state index contributed by atoms with van der Waals surface area (Å²) in [5, 5.41) is 11.7. The highest BCUT2D eigenvalue weighted by atomic mass is 32.1. The Hall–Kier alpha value is -1.89. The number of carboxylic acids is 1. The molecule has 0 spiro atoms. The van der Waals surface area contributed by atoms with Crippen LogP contribution in [0.2, 0.25) is 0 Å². The molecule has 2 heterocycles. The minimum atomic E-state index is -0.931. The molecule has 18 heavy (non-hydrogen) atoms. The van der Waals surface area contributed by atoms with Gasteiger partial charge in [0.05, 0.1) is 12.8 Å². The molecule has 0 radical (unpaired) electrons. The van der Waals surface area contributed by atoms with Crippen LogP contribution < -0.4 is 5.32 Å². The van der Waals surface area contributed by atoms with Crippen LogP contribution in [0, 0.1) is 0 Å². The fourth-order valence-electron chi connectivity index (χ4n) is 1.75. The van der Waals surface area contributed by atoms with Crippen LogP contribution in [0.25, 0.3) is 0 Å². The Morgan fingerprint density at radius 1 is 1.61 bits per heavy atom. The summed E-state index contributed by atoms with van der Waals surface area (Å²) < 4.78 is 5.15. The van der Waals surface area contributed by atoms with Gasteiger partial charge in [0.1, 0.15) is 11.8 Å². The Balaban J connectivity index is 1.98. The molecule has 1 aromatic heterocycles. The van der Waals surface area contributed by atoms with Crippen molar-refractivity contribution in [1.29, 1.82) is 0 Å². The lowest BCUT2D eigenvalue weighted by atomic mass is 10.1. The van der Waals surface area contributed by atoms with Crippen molar-refractivity contribution in [2.75, 3.05) is 0 Å². The minimum absolute atomic E-state index is 0.0688. The largest absolute Gasteiger partial charge is 0.481 e. The number of aliphatic carboxylic acids is 1. The van der Waals surface area contributed by atoms with Gasteiger partial charge in [0.25, 0.3) is 5.91 Å². The molecule has 0 saturated carbocycles. The molecule has 2 N–H and O–H groups in total. The second-order valence-corrected chi connectivity index (χ2v) is 4.32. The quantitative estimate of drug-likeness (QED) is 0.766. The molecule has 0 aromatic carbocycles. The number of rotatable bonds is 5. The Morgan fingerprint density at radius 3 is 3.00 bits per heavy atom. The van der Waals surface area contributed by atoms with E-state index in [1.807, 2.05) is 0 Å². The maximum Gasteiger partial charge on any atom is 0.303 e. The van der Waals surface area contributed by atoms with Crippen LogP contribution in [-0.4, -0.2) is 33.0 Å². The highest BCUT2D eigenvalue weighted by Crippen LogP contribution is 2.15. The second kappa shape index (κ2) is 5.18. The van der Waals surface area contributed by atoms with Gasteiger partial charge in [-0.2, -0.15) is 0 Å². The lowest BCUT2D eigenvalue weighted by Crippen LogP contribution is -2.31. The number of nitrogens with one attached hydrogen (secondary N) is 1. The molecule has 1 aromatic rings. The van der Waals surface area contributed by atoms with Crippen molar-refractivity contribution in [2.24, 2.45) is 0 Å². The Kier molecular flexibility index (Phi) is 3.61. The number of hydrogen-bond donors (Lipinski definition) is 2. The fourth-order valence-corrected chi connectivity index (χ4v) is 2.05. The van der Waals surface area contributed by atoms with Gasteiger partial charge in [-0.25, -0.2) is 0 Å². The first-order chi connectivity index (χ1) is 8.58. The normalized spacial score (nSPS) is 19.1. The van der Waals surface area contributed by atoms with E-state index in [0.717, 1.165) is 0 Å². The van der Waals surface area contributed by atoms with Crippen LogP contribution in [0.3, 0.4) is 0 Å². The van der Waals surface area contributed by atoms with E-state index in [4.69, 9.17) is 21.7 Å². The van der Waals surface area contributed by atoms with Gasteiger partial charge >= 0.3 is 5.97 Å². The van der Waals surface area contributed by atoms with E-state index >= 15 is 0 Å². The van der Waals surface area contributed by atoms with Gasteiger partial charge in [-0.3, -0.25) is 14.5 Å². The Morgan fingerprint density at radius 2 is 2.39 bits per heavy atom. The van der Waals surface area contributed by atoms with Gasteiger partial charge in [0.2, 0.25) is 0 Å². The molecule has 1 aliphatic heterocycles. The minimum Gasteiger partial charge on any atom is -0.481 e. The van der Waals surface area contributed by atoms with E-state index in [2.05, 4.69) is 5.32 Å². The summed E-state index contributed by atoms with van der Waals surface area (Å²) in [6.07, 6.45) is 1.68. The first-order valence-corrected chi connectivity index (χ1v) is 5.85. The van der Waals surface area contributed by atoms with E-state index in [1.54, 1.807) is 12.1 Å². The van der Waals surface area contributed by atoms with Crippen molar-refractivity contribution < 1.29 is 19.1 Å². The third-order valence-corrected chi connectivity index (χ3v) is 2.99. The predicted molar refractivity (Wildman–Crippen MR) is 65.6 cm³/mol. The van der Waals surface area contributed by atoms with Gasteiger partial charge < -0.3 is 14.8 Å². The maximum atomic E-state index is 12.0. The first-order valence-electron chi connectivity index (χ1n) is 5.44. The molecule has 2 rings (SSSR count). The standard InChI is InChI=1S/C11H12N2O4S/c14-9(15)4-3-8-10(16)13(11(18)12-8)6-7-2-1-5-17-7/h1-2,5,8H,3-4,6H2,(H,12,18)(H,14,15)/t8-/m0/s1. The van der Waals surface area contributed by atoms with Crippen LogP contribution in [0.5, 0.6) is 0 Å². The second-order valence-electron chi connectivity index (χ2n) is 3.94. The van der Waals surface area contributed by atoms with Crippen molar-refractivity contribution in [3.8, 4) is 0 Å². The molecule has 0 unspecified atom stereocenters. The number of carboxylic acid groups (broad SMARTS) is 1. The molecule has 0 aliphatic carbocycles. The van der Waals surface area contributed by atoms with Crippen molar-refractivity contribution in [2.45, 2.75) is 25.4 Å². The molecular weight excluding hydrogens is 256 g/mol. The van der Waals surface area contributed by atoms with E-state index < -0.39 is 12.0 Å². The van der Waals surface area contributed by atoms with Gasteiger partial charge in [0, 0.05) is 6.42 Å². The molecule has 1 aliphatic rings. The SMILES string of the molecule is O=C(O)CC[C@@H]1NC(=S)N(Cc2ccco2)C1=O. The number of carbonyl (C=O) groups is 2. The van der Waals surface area contributed by atoms with Crippen molar-refractivity contribution in [3.63, 3.8) is 0 Å². The molecule has 96 valence electrons. The summed E-state index contributed by atoms with van der Waals surface area (Å²) in [4.78, 5) is 23.9. The number of nitrogens with zero attached hydrogens (tertiary/aromatic N) is 1. The molecule has 1 saturated heterocycles. The zero-order valence-corrected chi connectivity index (χ0v) is 10.3. The van der Waals surface area contributed by atoms with Crippen LogP contribution in [-0.2, 0) is 16.1 Å². The van der Waals surface area contributed by atoms with Crippen LogP contribution >= 0.6 is 12.2 Å². The van der Waals surface area contributed by atoms with Crippen LogP contribution in [0.15, 0.2) is 22.8 Å². The smallest absolute Gasteiger partial charge is 0.303 e. The van der Waals surface area contributed by atoms with E-state index in [-0.39, 0.29) is 25.3 Å². The molecular formula is C11H12N2O4S. The zero-order valence-electron chi connectivity index (χ0n) is 9.46. The lowest BCUT2D eigenvalue weighted by Gasteiger charge is -2.12. The van der Waals surface area contributed by atoms with Gasteiger partial charge in [0.15, 0.2) is 5.11 Å². The predicted octanol–water partition coefficient (Wildman–Crippen LogP) is 0.730. The molecule has 0 bridgehead atoms. The van der Waals surface area contributed by atoms with E-state index in [9.17, 15) is 9.59 Å². The summed E-state index contributed by atoms with van der Waals surface area (Å²) in [7, 11) is 0. The summed E-state index contributed by atoms with van der Waals surface area (Å²) in [5.74, 6) is -0.510. The third-order valence-electron chi connectivity index (χ3n) is 2.65. The average Bonchev–Trinajstić information content (AvgIpc) is 2.90. The highest BCUT2D eigenvalue weighted by Gasteiger charge is 2.35. The number of thiocarbonyl (C=S) groups is 1. The highest BCUT2D eigenvalue weighted by molar-refractivity contribution is 7.80. The maximum absolute atomic E-state index is 12.0. The summed E-state index contributed by atoms with van der Waals surface area (Å²) in [5.41, 5.74) is 0. The Bertz CT molecular complexity index is 471. The topological polar surface area (TPSA) is 82.8 Å². The molecule has 7 heteroatoms.